The summed E-state index contributed by atoms with van der Waals surface area (Å²) in [5.41, 5.74) is 12.5. The Morgan fingerprint density at radius 1 is 0.455 bits per heavy atom. The van der Waals surface area contributed by atoms with Gasteiger partial charge in [0.25, 0.3) is 0 Å². The maximum Gasteiger partial charge on any atom is 0.0711 e. The van der Waals surface area contributed by atoms with Crippen LogP contribution in [0, 0.1) is 11.8 Å². The maximum absolute atomic E-state index is 2.63. The number of nitrogens with zero attached hydrogens (tertiary/aromatic N) is 2. The van der Waals surface area contributed by atoms with Crippen molar-refractivity contribution in [2.24, 2.45) is 11.8 Å². The number of fused-ring (bicyclic) bond motifs is 4. The number of allylic oxidation sites excluding steroid dienone is 11. The molecule has 0 spiro atoms. The van der Waals surface area contributed by atoms with Crippen molar-refractivity contribution in [3.05, 3.63) is 252 Å². The van der Waals surface area contributed by atoms with Crippen LogP contribution in [0.15, 0.2) is 230 Å². The lowest BCUT2D eigenvalue weighted by Gasteiger charge is -2.44. The first-order valence-corrected chi connectivity index (χ1v) is 19.7. The van der Waals surface area contributed by atoms with Crippen molar-refractivity contribution >= 4 is 22.6 Å². The molecule has 266 valence electrons. The van der Waals surface area contributed by atoms with E-state index in [2.05, 4.69) is 228 Å². The Hall–Kier alpha value is -6.38. The van der Waals surface area contributed by atoms with E-state index < -0.39 is 5.41 Å². The Morgan fingerprint density at radius 3 is 1.53 bits per heavy atom. The maximum atomic E-state index is 2.63. The lowest BCUT2D eigenvalue weighted by atomic mass is 9.64. The topological polar surface area (TPSA) is 6.48 Å². The molecular weight excluding hydrogens is 665 g/mol. The fourth-order valence-electron chi connectivity index (χ4n) is 9.83. The normalized spacial score (nSPS) is 22.5. The predicted octanol–water partition coefficient (Wildman–Crippen LogP) is 12.5. The van der Waals surface area contributed by atoms with Gasteiger partial charge >= 0.3 is 0 Å². The van der Waals surface area contributed by atoms with E-state index >= 15 is 0 Å². The van der Waals surface area contributed by atoms with E-state index in [1.807, 2.05) is 0 Å². The summed E-state index contributed by atoms with van der Waals surface area (Å²) in [6, 6.07) is 52.3. The monoisotopic (exact) mass is 708 g/mol. The van der Waals surface area contributed by atoms with Gasteiger partial charge in [0.05, 0.1) is 17.5 Å². The standard InChI is InChI=1S/C53H44N2/c1-7-21-39(22-8-1)53(40-23-9-2-10-24-40)49-37-45(54(41-25-11-3-12-26-41)42-27-13-4-14-28-42)35-36-48(49)52-47-34-20-19-33-46(47)51(38-50(52)53)55(43-29-15-5-16-30-43)44-31-17-6-18-32-44/h1-27,29-31,33-38,42,44,46-47H,28,32H2. The summed E-state index contributed by atoms with van der Waals surface area (Å²) in [6.45, 7) is 0. The first-order valence-electron chi connectivity index (χ1n) is 19.7. The first-order chi connectivity index (χ1) is 27.3. The zero-order valence-corrected chi connectivity index (χ0v) is 30.9. The average Bonchev–Trinajstić information content (AvgIpc) is 3.56. The molecule has 4 atom stereocenters. The molecule has 2 nitrogen and oxygen atoms in total. The van der Waals surface area contributed by atoms with Crippen molar-refractivity contribution in [1.29, 1.82) is 0 Å². The van der Waals surface area contributed by atoms with E-state index in [4.69, 9.17) is 0 Å². The molecule has 0 radical (unpaired) electrons. The van der Waals surface area contributed by atoms with Gasteiger partial charge in [-0.05, 0) is 88.7 Å². The average molecular weight is 709 g/mol. The number of benzene rings is 5. The second kappa shape index (κ2) is 14.1. The van der Waals surface area contributed by atoms with Gasteiger partial charge in [-0.3, -0.25) is 0 Å². The highest BCUT2D eigenvalue weighted by molar-refractivity contribution is 5.92. The van der Waals surface area contributed by atoms with Crippen molar-refractivity contribution in [3.8, 4) is 0 Å². The molecular formula is C53H44N2. The Balaban J connectivity index is 1.27. The molecule has 0 N–H and O–H groups in total. The highest BCUT2D eigenvalue weighted by Crippen LogP contribution is 2.61. The summed E-state index contributed by atoms with van der Waals surface area (Å²) in [5.74, 6) is 0.350. The van der Waals surface area contributed by atoms with Crippen molar-refractivity contribution in [2.45, 2.75) is 30.3 Å². The molecule has 5 aliphatic carbocycles. The van der Waals surface area contributed by atoms with Gasteiger partial charge in [-0.2, -0.15) is 0 Å². The first kappa shape index (κ1) is 33.2. The van der Waals surface area contributed by atoms with Crippen molar-refractivity contribution < 1.29 is 0 Å². The molecule has 5 aliphatic rings. The summed E-state index contributed by atoms with van der Waals surface area (Å²) in [4.78, 5) is 5.16. The van der Waals surface area contributed by atoms with Gasteiger partial charge in [0.2, 0.25) is 0 Å². The smallest absolute Gasteiger partial charge is 0.0711 e. The molecule has 0 aliphatic heterocycles. The lowest BCUT2D eigenvalue weighted by molar-refractivity contribution is 0.581. The Bertz CT molecular complexity index is 2400. The molecule has 0 aromatic heterocycles. The number of hydrogen-bond donors (Lipinski definition) is 0. The summed E-state index contributed by atoms with van der Waals surface area (Å²) < 4.78 is 0. The van der Waals surface area contributed by atoms with Crippen LogP contribution >= 0.6 is 0 Å². The molecule has 10 rings (SSSR count). The molecule has 0 fully saturated rings. The molecule has 5 aromatic carbocycles. The molecule has 5 aromatic rings. The largest absolute Gasteiger partial charge is 0.337 e. The molecule has 2 heteroatoms. The predicted molar refractivity (Wildman–Crippen MR) is 230 cm³/mol. The van der Waals surface area contributed by atoms with E-state index in [0.29, 0.717) is 0 Å². The number of para-hydroxylation sites is 2. The van der Waals surface area contributed by atoms with Crippen molar-refractivity contribution in [3.63, 3.8) is 0 Å². The third kappa shape index (κ3) is 5.55. The quantitative estimate of drug-likeness (QED) is 0.158. The molecule has 0 bridgehead atoms. The van der Waals surface area contributed by atoms with Crippen LogP contribution in [-0.2, 0) is 5.41 Å². The second-order valence-electron chi connectivity index (χ2n) is 15.1. The lowest BCUT2D eigenvalue weighted by Crippen LogP contribution is -2.40. The van der Waals surface area contributed by atoms with Gasteiger partial charge < -0.3 is 9.80 Å². The van der Waals surface area contributed by atoms with Crippen LogP contribution in [0.3, 0.4) is 0 Å². The van der Waals surface area contributed by atoms with Gasteiger partial charge in [-0.15, -0.1) is 0 Å². The van der Waals surface area contributed by atoms with Gasteiger partial charge in [0, 0.05) is 34.6 Å². The van der Waals surface area contributed by atoms with Gasteiger partial charge in [-0.1, -0.05) is 176 Å². The van der Waals surface area contributed by atoms with E-state index in [9.17, 15) is 0 Å². The Morgan fingerprint density at radius 2 is 0.964 bits per heavy atom. The highest BCUT2D eigenvalue weighted by atomic mass is 15.2. The fraction of sp³-hybridized carbons (Fsp3) is 0.132. The molecule has 4 unspecified atom stereocenters. The Labute approximate surface area is 325 Å². The zero-order valence-electron chi connectivity index (χ0n) is 30.9. The van der Waals surface area contributed by atoms with Crippen molar-refractivity contribution in [1.82, 2.24) is 0 Å². The van der Waals surface area contributed by atoms with Crippen LogP contribution in [0.1, 0.15) is 35.1 Å². The van der Waals surface area contributed by atoms with Crippen LogP contribution in [-0.4, -0.2) is 12.1 Å². The molecule has 0 saturated heterocycles. The molecule has 0 amide bonds. The summed E-state index contributed by atoms with van der Waals surface area (Å²) in [5, 5.41) is 0. The van der Waals surface area contributed by atoms with E-state index in [1.54, 1.807) is 0 Å². The summed E-state index contributed by atoms with van der Waals surface area (Å²) in [6.07, 6.45) is 32.0. The molecule has 0 saturated carbocycles. The van der Waals surface area contributed by atoms with Gasteiger partial charge in [0.1, 0.15) is 0 Å². The minimum Gasteiger partial charge on any atom is -0.337 e. The van der Waals surface area contributed by atoms with E-state index in [1.165, 1.54) is 56.2 Å². The minimum absolute atomic E-state index is 0.171. The fourth-order valence-corrected chi connectivity index (χ4v) is 9.83. The van der Waals surface area contributed by atoms with Crippen LogP contribution < -0.4 is 9.80 Å². The number of rotatable bonds is 8. The summed E-state index contributed by atoms with van der Waals surface area (Å²) >= 11 is 0. The number of hydrogen-bond acceptors (Lipinski definition) is 2. The van der Waals surface area contributed by atoms with Crippen LogP contribution in [0.5, 0.6) is 0 Å². The molecule has 0 heterocycles. The third-order valence-corrected chi connectivity index (χ3v) is 12.1. The van der Waals surface area contributed by atoms with E-state index in [-0.39, 0.29) is 23.9 Å². The third-order valence-electron chi connectivity index (χ3n) is 12.1. The highest BCUT2D eigenvalue weighted by Gasteiger charge is 2.52. The Kier molecular flexibility index (Phi) is 8.52. The SMILES string of the molecule is C1=CCC(N(C2=CC3=C(c4ccc(N(c5ccccc5)C5C=CC=CC5)cc4C3(c3ccccc3)c3ccccc3)C3C=CC=CC23)c2ccccc2)C=C1. The number of anilines is 3. The molecule has 55 heavy (non-hydrogen) atoms. The van der Waals surface area contributed by atoms with Crippen LogP contribution in [0.25, 0.3) is 5.57 Å². The van der Waals surface area contributed by atoms with Crippen molar-refractivity contribution in [2.75, 3.05) is 9.80 Å². The van der Waals surface area contributed by atoms with Gasteiger partial charge in [-0.25, -0.2) is 0 Å². The summed E-state index contributed by atoms with van der Waals surface area (Å²) in [7, 11) is 0. The minimum atomic E-state index is -0.552. The van der Waals surface area contributed by atoms with Crippen LogP contribution in [0.2, 0.25) is 0 Å². The second-order valence-corrected chi connectivity index (χ2v) is 15.1. The zero-order chi connectivity index (χ0) is 36.6. The van der Waals surface area contributed by atoms with Crippen LogP contribution in [0.4, 0.5) is 17.1 Å². The van der Waals surface area contributed by atoms with Gasteiger partial charge in [0.15, 0.2) is 0 Å². The van der Waals surface area contributed by atoms with E-state index in [0.717, 1.165) is 12.8 Å².